The van der Waals surface area contributed by atoms with Crippen molar-refractivity contribution in [3.63, 3.8) is 0 Å². The maximum Gasteiger partial charge on any atom is 0.343 e. The first-order valence-corrected chi connectivity index (χ1v) is 6.62. The molecule has 2 aromatic carbocycles. The first-order chi connectivity index (χ1) is 10.3. The second-order valence-electron chi connectivity index (χ2n) is 4.61. The van der Waals surface area contributed by atoms with Crippen LogP contribution in [0, 0.1) is 0 Å². The third kappa shape index (κ3) is 2.72. The van der Waals surface area contributed by atoms with Crippen LogP contribution in [0.25, 0.3) is 11.8 Å². The number of carbonyl (C=O) groups is 1. The Morgan fingerprint density at radius 3 is 2.48 bits per heavy atom. The number of ether oxygens (including phenoxy) is 2. The van der Waals surface area contributed by atoms with Crippen LogP contribution in [0.4, 0.5) is 0 Å². The molecule has 0 amide bonds. The molecule has 0 fully saturated rings. The number of carbonyl (C=O) groups excluding carboxylic acids is 1. The average Bonchev–Trinajstić information content (AvgIpc) is 2.90. The highest BCUT2D eigenvalue weighted by molar-refractivity contribution is 6.05. The Hall–Kier alpha value is -2.81. The van der Waals surface area contributed by atoms with Crippen molar-refractivity contribution in [2.75, 3.05) is 7.11 Å². The molecule has 2 aromatic rings. The van der Waals surface area contributed by atoms with Crippen molar-refractivity contribution in [1.82, 2.24) is 0 Å². The van der Waals surface area contributed by atoms with Crippen LogP contribution in [-0.2, 0) is 9.53 Å². The number of hydrogen-bond acceptors (Lipinski definition) is 3. The summed E-state index contributed by atoms with van der Waals surface area (Å²) < 4.78 is 10.6. The quantitative estimate of drug-likeness (QED) is 0.634. The summed E-state index contributed by atoms with van der Waals surface area (Å²) in [5.74, 6) is 0.945. The molecule has 0 atom stereocenters. The second kappa shape index (κ2) is 5.67. The molecule has 1 aliphatic rings. The molecule has 0 spiro atoms. The molecule has 0 radical (unpaired) electrons. The molecule has 3 rings (SSSR count). The van der Waals surface area contributed by atoms with E-state index < -0.39 is 0 Å². The third-order valence-electron chi connectivity index (χ3n) is 3.23. The Morgan fingerprint density at radius 2 is 1.71 bits per heavy atom. The molecule has 0 aliphatic carbocycles. The molecule has 0 saturated carbocycles. The Morgan fingerprint density at radius 1 is 1.00 bits per heavy atom. The van der Waals surface area contributed by atoms with E-state index in [1.54, 1.807) is 19.3 Å². The van der Waals surface area contributed by atoms with Gasteiger partial charge in [-0.05, 0) is 18.2 Å². The standard InChI is InChI=1S/C18H14O3/c1-20-16-10-6-5-9-14(16)11-15-12-17(21-18(15)19)13-7-3-2-4-8-13/h2-12H,1H3. The maximum absolute atomic E-state index is 12.0. The Bertz CT molecular complexity index is 727. The van der Waals surface area contributed by atoms with Crippen LogP contribution >= 0.6 is 0 Å². The van der Waals surface area contributed by atoms with E-state index in [1.165, 1.54) is 0 Å². The summed E-state index contributed by atoms with van der Waals surface area (Å²) in [7, 11) is 1.61. The summed E-state index contributed by atoms with van der Waals surface area (Å²) >= 11 is 0. The van der Waals surface area contributed by atoms with Crippen molar-refractivity contribution in [3.8, 4) is 5.75 Å². The fourth-order valence-corrected chi connectivity index (χ4v) is 2.19. The van der Waals surface area contributed by atoms with Crippen molar-refractivity contribution in [3.05, 3.63) is 77.4 Å². The lowest BCUT2D eigenvalue weighted by atomic mass is 10.1. The van der Waals surface area contributed by atoms with Gasteiger partial charge in [-0.15, -0.1) is 0 Å². The van der Waals surface area contributed by atoms with Gasteiger partial charge in [0, 0.05) is 11.1 Å². The van der Waals surface area contributed by atoms with Crippen LogP contribution in [0.3, 0.4) is 0 Å². The van der Waals surface area contributed by atoms with E-state index in [9.17, 15) is 4.79 Å². The van der Waals surface area contributed by atoms with Crippen LogP contribution in [0.2, 0.25) is 0 Å². The van der Waals surface area contributed by atoms with Gasteiger partial charge in [-0.1, -0.05) is 48.5 Å². The first kappa shape index (κ1) is 13.2. The topological polar surface area (TPSA) is 35.5 Å². The summed E-state index contributed by atoms with van der Waals surface area (Å²) in [5.41, 5.74) is 2.24. The van der Waals surface area contributed by atoms with E-state index in [0.29, 0.717) is 11.3 Å². The zero-order chi connectivity index (χ0) is 14.7. The van der Waals surface area contributed by atoms with Gasteiger partial charge in [-0.25, -0.2) is 4.79 Å². The van der Waals surface area contributed by atoms with Crippen LogP contribution in [0.5, 0.6) is 5.75 Å². The Balaban J connectivity index is 1.97. The van der Waals surface area contributed by atoms with Gasteiger partial charge in [0.1, 0.15) is 11.5 Å². The van der Waals surface area contributed by atoms with Gasteiger partial charge in [0.15, 0.2) is 0 Å². The highest BCUT2D eigenvalue weighted by Gasteiger charge is 2.22. The molecule has 104 valence electrons. The van der Waals surface area contributed by atoms with Crippen LogP contribution < -0.4 is 4.74 Å². The monoisotopic (exact) mass is 278 g/mol. The number of para-hydroxylation sites is 1. The third-order valence-corrected chi connectivity index (χ3v) is 3.23. The molecule has 1 heterocycles. The fourth-order valence-electron chi connectivity index (χ4n) is 2.19. The molecule has 3 heteroatoms. The summed E-state index contributed by atoms with van der Waals surface area (Å²) in [6, 6.07) is 17.1. The normalized spacial score (nSPS) is 15.8. The number of esters is 1. The number of rotatable bonds is 3. The highest BCUT2D eigenvalue weighted by atomic mass is 16.5. The summed E-state index contributed by atoms with van der Waals surface area (Å²) in [5, 5.41) is 0. The van der Waals surface area contributed by atoms with E-state index >= 15 is 0 Å². The van der Waals surface area contributed by atoms with Gasteiger partial charge in [-0.3, -0.25) is 0 Å². The van der Waals surface area contributed by atoms with Gasteiger partial charge in [0.25, 0.3) is 0 Å². The van der Waals surface area contributed by atoms with Gasteiger partial charge >= 0.3 is 5.97 Å². The first-order valence-electron chi connectivity index (χ1n) is 6.62. The number of benzene rings is 2. The minimum atomic E-state index is -0.347. The fraction of sp³-hybridized carbons (Fsp3) is 0.0556. The maximum atomic E-state index is 12.0. The zero-order valence-corrected chi connectivity index (χ0v) is 11.6. The number of hydrogen-bond donors (Lipinski definition) is 0. The lowest BCUT2D eigenvalue weighted by Crippen LogP contribution is -1.97. The smallest absolute Gasteiger partial charge is 0.343 e. The van der Waals surface area contributed by atoms with Crippen molar-refractivity contribution in [1.29, 1.82) is 0 Å². The molecule has 0 bridgehead atoms. The van der Waals surface area contributed by atoms with Crippen LogP contribution in [0.15, 0.2) is 66.2 Å². The van der Waals surface area contributed by atoms with Gasteiger partial charge in [0.05, 0.1) is 12.7 Å². The van der Waals surface area contributed by atoms with E-state index in [-0.39, 0.29) is 5.97 Å². The average molecular weight is 278 g/mol. The molecular formula is C18H14O3. The van der Waals surface area contributed by atoms with Gasteiger partial charge in [0.2, 0.25) is 0 Å². The molecule has 1 aliphatic heterocycles. The molecule has 21 heavy (non-hydrogen) atoms. The molecule has 0 aromatic heterocycles. The molecule has 0 N–H and O–H groups in total. The zero-order valence-electron chi connectivity index (χ0n) is 11.6. The number of methoxy groups -OCH3 is 1. The van der Waals surface area contributed by atoms with Crippen molar-refractivity contribution in [2.24, 2.45) is 0 Å². The van der Waals surface area contributed by atoms with E-state index in [4.69, 9.17) is 9.47 Å². The highest BCUT2D eigenvalue weighted by Crippen LogP contribution is 2.29. The van der Waals surface area contributed by atoms with E-state index in [2.05, 4.69) is 0 Å². The van der Waals surface area contributed by atoms with Crippen LogP contribution in [0.1, 0.15) is 11.1 Å². The van der Waals surface area contributed by atoms with E-state index in [0.717, 1.165) is 16.9 Å². The van der Waals surface area contributed by atoms with Gasteiger partial charge < -0.3 is 9.47 Å². The molecular weight excluding hydrogens is 264 g/mol. The summed E-state index contributed by atoms with van der Waals surface area (Å²) in [6.07, 6.45) is 3.53. The Kier molecular flexibility index (Phi) is 3.56. The van der Waals surface area contributed by atoms with Gasteiger partial charge in [-0.2, -0.15) is 0 Å². The molecule has 3 nitrogen and oxygen atoms in total. The largest absolute Gasteiger partial charge is 0.496 e. The number of cyclic esters (lactones) is 1. The van der Waals surface area contributed by atoms with Crippen molar-refractivity contribution < 1.29 is 14.3 Å². The summed E-state index contributed by atoms with van der Waals surface area (Å²) in [6.45, 7) is 0. The SMILES string of the molecule is COc1ccccc1C=C1C=C(c2ccccc2)OC1=O. The predicted octanol–water partition coefficient (Wildman–Crippen LogP) is 3.68. The van der Waals surface area contributed by atoms with E-state index in [1.807, 2.05) is 54.6 Å². The molecule has 0 unspecified atom stereocenters. The van der Waals surface area contributed by atoms with Crippen molar-refractivity contribution in [2.45, 2.75) is 0 Å². The summed E-state index contributed by atoms with van der Waals surface area (Å²) in [4.78, 5) is 12.0. The van der Waals surface area contributed by atoms with Crippen LogP contribution in [-0.4, -0.2) is 13.1 Å². The minimum Gasteiger partial charge on any atom is -0.496 e. The lowest BCUT2D eigenvalue weighted by Gasteiger charge is -2.03. The lowest BCUT2D eigenvalue weighted by molar-refractivity contribution is -0.130. The Labute approximate surface area is 123 Å². The van der Waals surface area contributed by atoms with Crippen molar-refractivity contribution >= 4 is 17.8 Å². The second-order valence-corrected chi connectivity index (χ2v) is 4.61. The molecule has 0 saturated heterocycles. The predicted molar refractivity (Wildman–Crippen MR) is 81.5 cm³/mol. The minimum absolute atomic E-state index is 0.347.